The second-order valence-electron chi connectivity index (χ2n) is 3.95. The molecule has 1 aliphatic rings. The molecule has 1 heterocycles. The average Bonchev–Trinajstić information content (AvgIpc) is 2.27. The van der Waals surface area contributed by atoms with Gasteiger partial charge < -0.3 is 14.6 Å². The fourth-order valence-electron chi connectivity index (χ4n) is 1.61. The van der Waals surface area contributed by atoms with Gasteiger partial charge in [-0.1, -0.05) is 12.1 Å². The maximum Gasteiger partial charge on any atom is 0.310 e. The zero-order valence-corrected chi connectivity index (χ0v) is 9.14. The highest BCUT2D eigenvalue weighted by atomic mass is 19.1. The van der Waals surface area contributed by atoms with Crippen molar-refractivity contribution in [2.75, 3.05) is 0 Å². The van der Waals surface area contributed by atoms with E-state index >= 15 is 0 Å². The Morgan fingerprint density at radius 2 is 2.12 bits per heavy atom. The first-order valence-electron chi connectivity index (χ1n) is 5.37. The van der Waals surface area contributed by atoms with Crippen molar-refractivity contribution in [1.29, 1.82) is 0 Å². The summed E-state index contributed by atoms with van der Waals surface area (Å²) in [4.78, 5) is 11.0. The number of aliphatic hydroxyl groups excluding tert-OH is 1. The molecule has 2 atom stereocenters. The summed E-state index contributed by atoms with van der Waals surface area (Å²) >= 11 is 0. The van der Waals surface area contributed by atoms with E-state index in [1.807, 2.05) is 0 Å². The van der Waals surface area contributed by atoms with Crippen LogP contribution in [0.25, 0.3) is 0 Å². The SMILES string of the molecule is O=C1C[C@@H](O)C[C@H](OCc2ccc(F)cc2)O1. The quantitative estimate of drug-likeness (QED) is 0.811. The van der Waals surface area contributed by atoms with Crippen molar-refractivity contribution in [1.82, 2.24) is 0 Å². The van der Waals surface area contributed by atoms with Crippen LogP contribution in [0.5, 0.6) is 0 Å². The molecular formula is C12H13FO4. The Balaban J connectivity index is 1.85. The standard InChI is InChI=1S/C12H13FO4/c13-9-3-1-8(2-4-9)7-16-12-6-10(14)5-11(15)17-12/h1-4,10,12,14H,5-7H2/t10-,12-/m1/s1. The monoisotopic (exact) mass is 240 g/mol. The Kier molecular flexibility index (Phi) is 3.71. The molecule has 1 aliphatic heterocycles. The van der Waals surface area contributed by atoms with E-state index in [0.29, 0.717) is 0 Å². The maximum absolute atomic E-state index is 12.6. The van der Waals surface area contributed by atoms with E-state index in [2.05, 4.69) is 0 Å². The number of carbonyl (C=O) groups is 1. The van der Waals surface area contributed by atoms with E-state index in [4.69, 9.17) is 9.47 Å². The lowest BCUT2D eigenvalue weighted by molar-refractivity contribution is -0.202. The average molecular weight is 240 g/mol. The van der Waals surface area contributed by atoms with Gasteiger partial charge in [0.2, 0.25) is 6.29 Å². The molecule has 4 nitrogen and oxygen atoms in total. The molecule has 0 bridgehead atoms. The van der Waals surface area contributed by atoms with Crippen LogP contribution >= 0.6 is 0 Å². The highest BCUT2D eigenvalue weighted by molar-refractivity contribution is 5.70. The first-order valence-corrected chi connectivity index (χ1v) is 5.37. The number of rotatable bonds is 3. The van der Waals surface area contributed by atoms with Crippen molar-refractivity contribution in [2.24, 2.45) is 0 Å². The molecule has 1 saturated heterocycles. The molecule has 0 unspecified atom stereocenters. The predicted molar refractivity (Wildman–Crippen MR) is 56.3 cm³/mol. The van der Waals surface area contributed by atoms with Crippen molar-refractivity contribution in [3.8, 4) is 0 Å². The number of benzene rings is 1. The molecular weight excluding hydrogens is 227 g/mol. The number of halogens is 1. The molecule has 2 rings (SSSR count). The molecule has 17 heavy (non-hydrogen) atoms. The molecule has 1 fully saturated rings. The van der Waals surface area contributed by atoms with E-state index < -0.39 is 18.4 Å². The molecule has 0 radical (unpaired) electrons. The van der Waals surface area contributed by atoms with E-state index in [1.165, 1.54) is 12.1 Å². The fourth-order valence-corrected chi connectivity index (χ4v) is 1.61. The highest BCUT2D eigenvalue weighted by Crippen LogP contribution is 2.17. The molecule has 1 aromatic carbocycles. The van der Waals surface area contributed by atoms with Crippen LogP contribution in [-0.2, 0) is 20.9 Å². The van der Waals surface area contributed by atoms with Crippen LogP contribution in [0.15, 0.2) is 24.3 Å². The summed E-state index contributed by atoms with van der Waals surface area (Å²) in [6.07, 6.45) is -1.16. The fraction of sp³-hybridized carbons (Fsp3) is 0.417. The van der Waals surface area contributed by atoms with E-state index in [-0.39, 0.29) is 25.3 Å². The second-order valence-corrected chi connectivity index (χ2v) is 3.95. The molecule has 1 aromatic rings. The Labute approximate surface area is 98.0 Å². The molecule has 0 amide bonds. The van der Waals surface area contributed by atoms with Crippen LogP contribution in [0, 0.1) is 5.82 Å². The summed E-state index contributed by atoms with van der Waals surface area (Å²) < 4.78 is 22.9. The summed E-state index contributed by atoms with van der Waals surface area (Å²) in [6, 6.07) is 5.85. The Morgan fingerprint density at radius 1 is 1.41 bits per heavy atom. The van der Waals surface area contributed by atoms with Gasteiger partial charge in [-0.15, -0.1) is 0 Å². The number of hydrogen-bond donors (Lipinski definition) is 1. The molecule has 0 spiro atoms. The number of aliphatic hydroxyl groups is 1. The van der Waals surface area contributed by atoms with Crippen molar-refractivity contribution in [2.45, 2.75) is 31.8 Å². The second kappa shape index (κ2) is 5.25. The van der Waals surface area contributed by atoms with E-state index in [9.17, 15) is 14.3 Å². The largest absolute Gasteiger partial charge is 0.436 e. The lowest BCUT2D eigenvalue weighted by atomic mass is 10.1. The smallest absolute Gasteiger partial charge is 0.310 e. The Morgan fingerprint density at radius 3 is 2.76 bits per heavy atom. The first-order chi connectivity index (χ1) is 8.13. The molecule has 0 aromatic heterocycles. The van der Waals surface area contributed by atoms with Crippen LogP contribution < -0.4 is 0 Å². The number of hydrogen-bond acceptors (Lipinski definition) is 4. The lowest BCUT2D eigenvalue weighted by Crippen LogP contribution is -2.34. The molecule has 5 heteroatoms. The minimum absolute atomic E-state index is 0.0103. The van der Waals surface area contributed by atoms with Gasteiger partial charge in [-0.3, -0.25) is 4.79 Å². The van der Waals surface area contributed by atoms with Crippen LogP contribution in [0.3, 0.4) is 0 Å². The van der Waals surface area contributed by atoms with Crippen molar-refractivity contribution >= 4 is 5.97 Å². The van der Waals surface area contributed by atoms with Gasteiger partial charge in [0.15, 0.2) is 0 Å². The summed E-state index contributed by atoms with van der Waals surface area (Å²) in [7, 11) is 0. The molecule has 1 N–H and O–H groups in total. The van der Waals surface area contributed by atoms with Crippen molar-refractivity contribution in [3.63, 3.8) is 0 Å². The van der Waals surface area contributed by atoms with Gasteiger partial charge in [0.1, 0.15) is 5.82 Å². The highest BCUT2D eigenvalue weighted by Gasteiger charge is 2.27. The van der Waals surface area contributed by atoms with Crippen molar-refractivity contribution < 1.29 is 23.8 Å². The number of cyclic esters (lactones) is 1. The topological polar surface area (TPSA) is 55.8 Å². The van der Waals surface area contributed by atoms with Gasteiger partial charge in [0, 0.05) is 6.42 Å². The number of esters is 1. The summed E-state index contributed by atoms with van der Waals surface area (Å²) in [5, 5.41) is 9.35. The first kappa shape index (κ1) is 12.0. The summed E-state index contributed by atoms with van der Waals surface area (Å²) in [6.45, 7) is 0.213. The van der Waals surface area contributed by atoms with Gasteiger partial charge in [-0.25, -0.2) is 4.39 Å². The van der Waals surface area contributed by atoms with Gasteiger partial charge in [-0.2, -0.15) is 0 Å². The predicted octanol–water partition coefficient (Wildman–Crippen LogP) is 1.37. The zero-order chi connectivity index (χ0) is 12.3. The van der Waals surface area contributed by atoms with Crippen LogP contribution in [0.1, 0.15) is 18.4 Å². The summed E-state index contributed by atoms with van der Waals surface area (Å²) in [5.41, 5.74) is 0.780. The lowest BCUT2D eigenvalue weighted by Gasteiger charge is -2.25. The minimum Gasteiger partial charge on any atom is -0.436 e. The van der Waals surface area contributed by atoms with E-state index in [0.717, 1.165) is 5.56 Å². The van der Waals surface area contributed by atoms with E-state index in [1.54, 1.807) is 12.1 Å². The van der Waals surface area contributed by atoms with Crippen molar-refractivity contribution in [3.05, 3.63) is 35.6 Å². The van der Waals surface area contributed by atoms with Crippen LogP contribution in [0.2, 0.25) is 0 Å². The summed E-state index contributed by atoms with van der Waals surface area (Å²) in [5.74, 6) is -0.777. The Hall–Kier alpha value is -1.46. The van der Waals surface area contributed by atoms with Gasteiger partial charge in [-0.05, 0) is 17.7 Å². The third kappa shape index (κ3) is 3.51. The van der Waals surface area contributed by atoms with Crippen LogP contribution in [-0.4, -0.2) is 23.5 Å². The minimum atomic E-state index is -0.726. The normalized spacial score (nSPS) is 24.5. The zero-order valence-electron chi connectivity index (χ0n) is 9.14. The number of carbonyl (C=O) groups excluding carboxylic acids is 1. The molecule has 0 aliphatic carbocycles. The third-order valence-corrected chi connectivity index (χ3v) is 2.48. The van der Waals surface area contributed by atoms with Crippen LogP contribution in [0.4, 0.5) is 4.39 Å². The number of ether oxygens (including phenoxy) is 2. The maximum atomic E-state index is 12.6. The van der Waals surface area contributed by atoms with Gasteiger partial charge >= 0.3 is 5.97 Å². The van der Waals surface area contributed by atoms with Gasteiger partial charge in [0.05, 0.1) is 19.1 Å². The Bertz CT molecular complexity index is 390. The third-order valence-electron chi connectivity index (χ3n) is 2.48. The molecule has 92 valence electrons. The molecule has 0 saturated carbocycles. The van der Waals surface area contributed by atoms with Gasteiger partial charge in [0.25, 0.3) is 0 Å².